The molecule has 0 unspecified atom stereocenters. The maximum Gasteiger partial charge on any atom is 0.294 e. The summed E-state index contributed by atoms with van der Waals surface area (Å²) >= 11 is 5.77. The normalized spacial score (nSPS) is 11.1. The molecular formula is C13H11ClN2O4S. The van der Waals surface area contributed by atoms with E-state index in [4.69, 9.17) is 21.9 Å². The molecule has 4 N–H and O–H groups in total. The molecule has 0 saturated heterocycles. The summed E-state index contributed by atoms with van der Waals surface area (Å²) < 4.78 is 30.7. The molecule has 0 atom stereocenters. The number of hydrogen-bond acceptors (Lipinski definition) is 4. The number of hydrogen-bond donors (Lipinski definition) is 3. The van der Waals surface area contributed by atoms with Crippen molar-refractivity contribution in [2.45, 2.75) is 4.90 Å². The first-order chi connectivity index (χ1) is 9.77. The number of anilines is 2. The lowest BCUT2D eigenvalue weighted by atomic mass is 10.2. The average molecular weight is 327 g/mol. The number of rotatable bonds is 3. The Labute approximate surface area is 126 Å². The predicted octanol–water partition coefficient (Wildman–Crippen LogP) is 2.42. The number of carbonyl (C=O) groups excluding carboxylic acids is 1. The first kappa shape index (κ1) is 15.3. The molecule has 2 rings (SSSR count). The van der Waals surface area contributed by atoms with E-state index in [1.807, 2.05) is 0 Å². The Kier molecular flexibility index (Phi) is 4.17. The molecule has 0 aliphatic carbocycles. The molecule has 21 heavy (non-hydrogen) atoms. The van der Waals surface area contributed by atoms with Crippen molar-refractivity contribution in [2.24, 2.45) is 0 Å². The minimum atomic E-state index is -4.25. The van der Waals surface area contributed by atoms with Gasteiger partial charge in [-0.15, -0.1) is 0 Å². The van der Waals surface area contributed by atoms with Gasteiger partial charge in [0.25, 0.3) is 16.0 Å². The Bertz CT molecular complexity index is 788. The fraction of sp³-hybridized carbons (Fsp3) is 0. The summed E-state index contributed by atoms with van der Waals surface area (Å²) in [4.78, 5) is 11.7. The molecule has 0 heterocycles. The Morgan fingerprint density at radius 1 is 1.14 bits per heavy atom. The summed E-state index contributed by atoms with van der Waals surface area (Å²) in [6.45, 7) is 0. The molecule has 0 saturated carbocycles. The van der Waals surface area contributed by atoms with Crippen LogP contribution in [0.3, 0.4) is 0 Å². The van der Waals surface area contributed by atoms with Crippen molar-refractivity contribution in [3.05, 3.63) is 53.1 Å². The Morgan fingerprint density at radius 2 is 1.76 bits per heavy atom. The van der Waals surface area contributed by atoms with Crippen molar-refractivity contribution in [3.8, 4) is 0 Å². The Morgan fingerprint density at radius 3 is 2.29 bits per heavy atom. The van der Waals surface area contributed by atoms with Crippen LogP contribution in [0, 0.1) is 0 Å². The van der Waals surface area contributed by atoms with Crippen LogP contribution in [0.1, 0.15) is 10.4 Å². The zero-order chi connectivity index (χ0) is 15.6. The van der Waals surface area contributed by atoms with Crippen LogP contribution in [0.25, 0.3) is 0 Å². The molecule has 1 amide bonds. The smallest absolute Gasteiger partial charge is 0.294 e. The van der Waals surface area contributed by atoms with E-state index in [0.29, 0.717) is 16.3 Å². The van der Waals surface area contributed by atoms with Gasteiger partial charge in [0.1, 0.15) is 0 Å². The van der Waals surface area contributed by atoms with Gasteiger partial charge in [-0.1, -0.05) is 11.6 Å². The molecule has 0 aromatic heterocycles. The zero-order valence-electron chi connectivity index (χ0n) is 10.6. The van der Waals surface area contributed by atoms with E-state index in [9.17, 15) is 13.2 Å². The average Bonchev–Trinajstić information content (AvgIpc) is 2.41. The summed E-state index contributed by atoms with van der Waals surface area (Å²) in [7, 11) is -4.25. The van der Waals surface area contributed by atoms with Crippen LogP contribution in [-0.2, 0) is 10.1 Å². The van der Waals surface area contributed by atoms with Crippen molar-refractivity contribution in [3.63, 3.8) is 0 Å². The molecule has 8 heteroatoms. The zero-order valence-corrected chi connectivity index (χ0v) is 12.1. The number of nitrogen functional groups attached to an aromatic ring is 1. The minimum Gasteiger partial charge on any atom is -0.398 e. The number of carbonyl (C=O) groups is 1. The molecule has 0 bridgehead atoms. The van der Waals surface area contributed by atoms with Crippen molar-refractivity contribution in [2.75, 3.05) is 11.1 Å². The molecular weight excluding hydrogens is 316 g/mol. The van der Waals surface area contributed by atoms with E-state index < -0.39 is 16.0 Å². The lowest BCUT2D eigenvalue weighted by Crippen LogP contribution is -2.12. The molecule has 0 spiro atoms. The third kappa shape index (κ3) is 3.72. The number of benzene rings is 2. The highest BCUT2D eigenvalue weighted by Crippen LogP contribution is 2.20. The highest BCUT2D eigenvalue weighted by atomic mass is 35.5. The molecule has 6 nitrogen and oxygen atoms in total. The van der Waals surface area contributed by atoms with Crippen molar-refractivity contribution < 1.29 is 17.8 Å². The fourth-order valence-corrected chi connectivity index (χ4v) is 2.20. The molecule has 0 aliphatic rings. The summed E-state index contributed by atoms with van der Waals surface area (Å²) in [5.41, 5.74) is 6.59. The van der Waals surface area contributed by atoms with Gasteiger partial charge in [-0.3, -0.25) is 9.35 Å². The van der Waals surface area contributed by atoms with Crippen molar-refractivity contribution >= 4 is 39.0 Å². The standard InChI is InChI=1S/C13H11ClN2O4S/c14-11-6-1-8(7-12(11)15)13(17)16-9-2-4-10(5-3-9)21(18,19)20/h1-7H,15H2,(H,16,17)(H,18,19,20). The van der Waals surface area contributed by atoms with Crippen LogP contribution < -0.4 is 11.1 Å². The van der Waals surface area contributed by atoms with Crippen LogP contribution in [0.4, 0.5) is 11.4 Å². The van der Waals surface area contributed by atoms with Gasteiger partial charge in [-0.05, 0) is 42.5 Å². The van der Waals surface area contributed by atoms with Crippen LogP contribution >= 0.6 is 11.6 Å². The Balaban J connectivity index is 2.18. The highest BCUT2D eigenvalue weighted by Gasteiger charge is 2.11. The third-order valence-corrected chi connectivity index (χ3v) is 3.88. The maximum atomic E-state index is 12.0. The molecule has 0 aliphatic heterocycles. The van der Waals surface area contributed by atoms with E-state index in [2.05, 4.69) is 5.32 Å². The van der Waals surface area contributed by atoms with E-state index >= 15 is 0 Å². The summed E-state index contributed by atoms with van der Waals surface area (Å²) in [5, 5.41) is 2.92. The summed E-state index contributed by atoms with van der Waals surface area (Å²) in [6.07, 6.45) is 0. The number of nitrogens with two attached hydrogens (primary N) is 1. The topological polar surface area (TPSA) is 109 Å². The second kappa shape index (κ2) is 5.72. The molecule has 0 radical (unpaired) electrons. The van der Waals surface area contributed by atoms with Crippen LogP contribution in [-0.4, -0.2) is 18.9 Å². The largest absolute Gasteiger partial charge is 0.398 e. The maximum absolute atomic E-state index is 12.0. The van der Waals surface area contributed by atoms with Gasteiger partial charge in [0.15, 0.2) is 0 Å². The molecule has 2 aromatic rings. The van der Waals surface area contributed by atoms with Gasteiger partial charge in [-0.25, -0.2) is 0 Å². The molecule has 2 aromatic carbocycles. The van der Waals surface area contributed by atoms with Crippen LogP contribution in [0.2, 0.25) is 5.02 Å². The number of nitrogens with one attached hydrogen (secondary N) is 1. The summed E-state index contributed by atoms with van der Waals surface area (Å²) in [6, 6.07) is 9.54. The second-order valence-electron chi connectivity index (χ2n) is 4.19. The monoisotopic (exact) mass is 326 g/mol. The van der Waals surface area contributed by atoms with Gasteiger partial charge in [0.05, 0.1) is 15.6 Å². The number of halogens is 1. The first-order valence-corrected chi connectivity index (χ1v) is 7.53. The summed E-state index contributed by atoms with van der Waals surface area (Å²) in [5.74, 6) is -0.419. The molecule has 0 fully saturated rings. The van der Waals surface area contributed by atoms with E-state index in [0.717, 1.165) is 0 Å². The van der Waals surface area contributed by atoms with E-state index in [1.165, 1.54) is 42.5 Å². The third-order valence-electron chi connectivity index (χ3n) is 2.67. The van der Waals surface area contributed by atoms with Gasteiger partial charge >= 0.3 is 0 Å². The minimum absolute atomic E-state index is 0.253. The second-order valence-corrected chi connectivity index (χ2v) is 6.02. The van der Waals surface area contributed by atoms with Gasteiger partial charge in [0, 0.05) is 11.3 Å². The fourth-order valence-electron chi connectivity index (χ4n) is 1.60. The lowest BCUT2D eigenvalue weighted by molar-refractivity contribution is 0.102. The van der Waals surface area contributed by atoms with Gasteiger partial charge < -0.3 is 11.1 Å². The lowest BCUT2D eigenvalue weighted by Gasteiger charge is -2.07. The highest BCUT2D eigenvalue weighted by molar-refractivity contribution is 7.85. The quantitative estimate of drug-likeness (QED) is 0.592. The van der Waals surface area contributed by atoms with Gasteiger partial charge in [-0.2, -0.15) is 8.42 Å². The van der Waals surface area contributed by atoms with Crippen LogP contribution in [0.15, 0.2) is 47.4 Å². The Hall–Kier alpha value is -2.09. The van der Waals surface area contributed by atoms with Gasteiger partial charge in [0.2, 0.25) is 0 Å². The van der Waals surface area contributed by atoms with Crippen LogP contribution in [0.5, 0.6) is 0 Å². The van der Waals surface area contributed by atoms with E-state index in [-0.39, 0.29) is 10.6 Å². The van der Waals surface area contributed by atoms with Crippen molar-refractivity contribution in [1.29, 1.82) is 0 Å². The SMILES string of the molecule is Nc1cc(C(=O)Nc2ccc(S(=O)(=O)O)cc2)ccc1Cl. The molecule has 110 valence electrons. The van der Waals surface area contributed by atoms with E-state index in [1.54, 1.807) is 0 Å². The first-order valence-electron chi connectivity index (χ1n) is 5.71. The van der Waals surface area contributed by atoms with Crippen molar-refractivity contribution in [1.82, 2.24) is 0 Å². The predicted molar refractivity (Wildman–Crippen MR) is 80.1 cm³/mol. The number of amides is 1.